The third-order valence-corrected chi connectivity index (χ3v) is 6.02. The number of aliphatic hydroxyl groups excluding tert-OH is 1. The number of carbonyl (C=O) groups excluding carboxylic acids is 4. The first-order valence-electron chi connectivity index (χ1n) is 13.5. The molecule has 40 heavy (non-hydrogen) atoms. The summed E-state index contributed by atoms with van der Waals surface area (Å²) in [6, 6.07) is -6.22. The standard InChI is InChI=1S/C25H46N6O9/c1-13(2)11-17(23(37)31-20(14(3)4)25(39)40)29-24(38)18(12-32)30-22(36)16(8-9-19(33)34)28-21(35)15(27)7-5-6-10-26/h13-18,20,32H,5-12,26-27H2,1-4H3,(H,28,35)(H,29,38)(H,30,36)(H,31,37)(H,33,34)(H,39,40)/p+1/t15-,16-,17-,18-,20-/m0/s1. The average Bonchev–Trinajstić information content (AvgIpc) is 2.86. The minimum atomic E-state index is -1.55. The van der Waals surface area contributed by atoms with Crippen molar-refractivity contribution in [2.45, 2.75) is 96.4 Å². The number of unbranched alkanes of at least 4 members (excludes halogenated alkanes) is 1. The monoisotopic (exact) mass is 575 g/mol. The number of hydrogen-bond acceptors (Lipinski definition) is 8. The summed E-state index contributed by atoms with van der Waals surface area (Å²) in [7, 11) is 0. The fourth-order valence-corrected chi connectivity index (χ4v) is 3.70. The van der Waals surface area contributed by atoms with Crippen LogP contribution in [0.5, 0.6) is 0 Å². The lowest BCUT2D eigenvalue weighted by Gasteiger charge is -2.27. The molecule has 230 valence electrons. The number of carboxylic acids is 2. The van der Waals surface area contributed by atoms with Gasteiger partial charge in [-0.05, 0) is 43.9 Å². The fourth-order valence-electron chi connectivity index (χ4n) is 3.70. The molecule has 15 heteroatoms. The molecule has 0 aliphatic carbocycles. The lowest BCUT2D eigenvalue weighted by Crippen LogP contribution is -2.59. The van der Waals surface area contributed by atoms with Crippen LogP contribution in [-0.2, 0) is 28.8 Å². The lowest BCUT2D eigenvalue weighted by molar-refractivity contribution is -0.368. The van der Waals surface area contributed by atoms with E-state index in [9.17, 15) is 39.0 Å². The second kappa shape index (κ2) is 18.9. The number of amides is 4. The zero-order valence-electron chi connectivity index (χ0n) is 23.8. The lowest BCUT2D eigenvalue weighted by atomic mass is 10.00. The van der Waals surface area contributed by atoms with Crippen LogP contribution in [0.4, 0.5) is 0 Å². The Morgan fingerprint density at radius 2 is 1.27 bits per heavy atom. The number of aliphatic hydroxyl groups is 1. The van der Waals surface area contributed by atoms with Crippen LogP contribution in [0.1, 0.15) is 66.2 Å². The molecule has 0 bridgehead atoms. The number of hydrogen-bond donors (Lipinski definition) is 9. The second-order valence-corrected chi connectivity index (χ2v) is 10.5. The van der Waals surface area contributed by atoms with Crippen LogP contribution in [0.3, 0.4) is 0 Å². The van der Waals surface area contributed by atoms with Gasteiger partial charge in [-0.2, -0.15) is 0 Å². The average molecular weight is 576 g/mol. The van der Waals surface area contributed by atoms with Gasteiger partial charge in [-0.25, -0.2) is 4.79 Å². The van der Waals surface area contributed by atoms with E-state index < -0.39 is 84.7 Å². The molecule has 4 amide bonds. The normalized spacial score (nSPS) is 14.9. The number of rotatable bonds is 20. The van der Waals surface area contributed by atoms with E-state index in [1.54, 1.807) is 27.7 Å². The molecule has 15 nitrogen and oxygen atoms in total. The van der Waals surface area contributed by atoms with E-state index in [2.05, 4.69) is 27.0 Å². The molecule has 0 saturated heterocycles. The minimum Gasteiger partial charge on any atom is -0.481 e. The molecule has 0 spiro atoms. The summed E-state index contributed by atoms with van der Waals surface area (Å²) in [6.45, 7) is 6.59. The van der Waals surface area contributed by atoms with E-state index in [0.29, 0.717) is 19.4 Å². The third kappa shape index (κ3) is 14.2. The molecule has 0 aromatic carbocycles. The Kier molecular flexibility index (Phi) is 17.3. The van der Waals surface area contributed by atoms with Gasteiger partial charge >= 0.3 is 11.9 Å². The van der Waals surface area contributed by atoms with Crippen molar-refractivity contribution in [3.63, 3.8) is 0 Å². The largest absolute Gasteiger partial charge is 0.481 e. The van der Waals surface area contributed by atoms with Crippen molar-refractivity contribution >= 4 is 35.6 Å². The van der Waals surface area contributed by atoms with E-state index in [0.717, 1.165) is 6.42 Å². The van der Waals surface area contributed by atoms with E-state index in [-0.39, 0.29) is 18.8 Å². The van der Waals surface area contributed by atoms with Gasteiger partial charge in [0.15, 0.2) is 0 Å². The SMILES string of the molecule is CC(C)C[C@H](NC(=O)[C@H](CO)NC(=O)[C@H](CCC(=O)O)NC(=O)[C@@H](N)CCCC[NH3+])C(=O)N[C@H](C(=O)O)C(C)C. The van der Waals surface area contributed by atoms with Crippen LogP contribution < -0.4 is 32.7 Å². The van der Waals surface area contributed by atoms with Gasteiger partial charge in [-0.1, -0.05) is 27.7 Å². The molecule has 12 N–H and O–H groups in total. The maximum absolute atomic E-state index is 12.9. The number of quaternary nitrogens is 1. The molecular formula is C25H47N6O9+. The van der Waals surface area contributed by atoms with Gasteiger partial charge in [-0.3, -0.25) is 24.0 Å². The van der Waals surface area contributed by atoms with E-state index in [4.69, 9.17) is 10.8 Å². The highest BCUT2D eigenvalue weighted by Gasteiger charge is 2.32. The van der Waals surface area contributed by atoms with Gasteiger partial charge in [0.1, 0.15) is 24.2 Å². The summed E-state index contributed by atoms with van der Waals surface area (Å²) < 4.78 is 0. The summed E-state index contributed by atoms with van der Waals surface area (Å²) in [6.07, 6.45) is 1.07. The van der Waals surface area contributed by atoms with E-state index in [1.165, 1.54) is 0 Å². The minimum absolute atomic E-state index is 0.0889. The first-order valence-corrected chi connectivity index (χ1v) is 13.5. The quantitative estimate of drug-likeness (QED) is 0.0678. The van der Waals surface area contributed by atoms with Crippen molar-refractivity contribution in [3.8, 4) is 0 Å². The zero-order valence-corrected chi connectivity index (χ0v) is 23.8. The maximum Gasteiger partial charge on any atom is 0.326 e. The summed E-state index contributed by atoms with van der Waals surface area (Å²) >= 11 is 0. The van der Waals surface area contributed by atoms with Crippen LogP contribution in [0.25, 0.3) is 0 Å². The summed E-state index contributed by atoms with van der Waals surface area (Å²) in [5.74, 6) is -6.26. The van der Waals surface area contributed by atoms with Crippen molar-refractivity contribution in [2.75, 3.05) is 13.2 Å². The number of carboxylic acid groups (broad SMARTS) is 2. The maximum atomic E-state index is 12.9. The molecule has 0 aromatic rings. The molecule has 0 rings (SSSR count). The predicted octanol–water partition coefficient (Wildman–Crippen LogP) is -2.69. The molecule has 0 aromatic heterocycles. The molecule has 0 fully saturated rings. The number of carbonyl (C=O) groups is 6. The van der Waals surface area contributed by atoms with Gasteiger partial charge in [0.25, 0.3) is 0 Å². The highest BCUT2D eigenvalue weighted by Crippen LogP contribution is 2.09. The molecule has 0 saturated carbocycles. The van der Waals surface area contributed by atoms with Gasteiger partial charge in [0, 0.05) is 6.42 Å². The Morgan fingerprint density at radius 3 is 1.75 bits per heavy atom. The molecule has 5 atom stereocenters. The summed E-state index contributed by atoms with van der Waals surface area (Å²) in [5, 5.41) is 37.8. The van der Waals surface area contributed by atoms with Crippen LogP contribution in [-0.4, -0.2) is 94.2 Å². The predicted molar refractivity (Wildman–Crippen MR) is 143 cm³/mol. The van der Waals surface area contributed by atoms with Gasteiger partial charge in [0.2, 0.25) is 23.6 Å². The fraction of sp³-hybridized carbons (Fsp3) is 0.760. The topological polar surface area (TPSA) is 265 Å². The number of nitrogens with two attached hydrogens (primary N) is 1. The van der Waals surface area contributed by atoms with Crippen molar-refractivity contribution < 1.29 is 49.8 Å². The second-order valence-electron chi connectivity index (χ2n) is 10.5. The van der Waals surface area contributed by atoms with Crippen LogP contribution in [0.15, 0.2) is 0 Å². The Hall–Kier alpha value is -3.30. The number of nitrogens with one attached hydrogen (secondary N) is 4. The molecule has 0 aliphatic rings. The smallest absolute Gasteiger partial charge is 0.326 e. The molecule has 0 heterocycles. The van der Waals surface area contributed by atoms with Crippen LogP contribution >= 0.6 is 0 Å². The zero-order chi connectivity index (χ0) is 31.0. The highest BCUT2D eigenvalue weighted by molar-refractivity contribution is 5.95. The van der Waals surface area contributed by atoms with Crippen molar-refractivity contribution in [1.29, 1.82) is 0 Å². The van der Waals surface area contributed by atoms with Gasteiger partial charge in [-0.15, -0.1) is 0 Å². The Labute approximate surface area is 234 Å². The summed E-state index contributed by atoms with van der Waals surface area (Å²) in [4.78, 5) is 73.8. The number of aliphatic carboxylic acids is 2. The Morgan fingerprint density at radius 1 is 0.750 bits per heavy atom. The van der Waals surface area contributed by atoms with Crippen molar-refractivity contribution in [3.05, 3.63) is 0 Å². The first-order chi connectivity index (χ1) is 18.6. The highest BCUT2D eigenvalue weighted by atomic mass is 16.4. The van der Waals surface area contributed by atoms with E-state index in [1.807, 2.05) is 0 Å². The third-order valence-electron chi connectivity index (χ3n) is 6.02. The van der Waals surface area contributed by atoms with E-state index >= 15 is 0 Å². The molecule has 0 radical (unpaired) electrons. The molecule has 0 aliphatic heterocycles. The van der Waals surface area contributed by atoms with Crippen LogP contribution in [0, 0.1) is 11.8 Å². The Balaban J connectivity index is 5.58. The summed E-state index contributed by atoms with van der Waals surface area (Å²) in [5.41, 5.74) is 9.58. The van der Waals surface area contributed by atoms with Crippen molar-refractivity contribution in [2.24, 2.45) is 17.6 Å². The van der Waals surface area contributed by atoms with Crippen LogP contribution in [0.2, 0.25) is 0 Å². The molecular weight excluding hydrogens is 528 g/mol. The van der Waals surface area contributed by atoms with Crippen molar-refractivity contribution in [1.82, 2.24) is 21.3 Å². The Bertz CT molecular complexity index is 868. The molecule has 0 unspecified atom stereocenters. The first kappa shape index (κ1) is 36.7. The van der Waals surface area contributed by atoms with Gasteiger partial charge < -0.3 is 48.1 Å². The van der Waals surface area contributed by atoms with Gasteiger partial charge in [0.05, 0.1) is 19.2 Å².